The van der Waals surface area contributed by atoms with Gasteiger partial charge >= 0.3 is 17.9 Å². The Morgan fingerprint density at radius 3 is 1.46 bits per heavy atom. The van der Waals surface area contributed by atoms with E-state index >= 15 is 0 Å². The Kier molecular flexibility index (Phi) is 29.6. The standard InChI is InChI=1S/C34H62O7/c1-3-5-6-7-8-9-10-11-12-14-17-20-23-26-33(37)40-30-31(29-35)41-34(38)27-24-21-18-15-13-16-19-22-25-28-39-32(36)4-2/h4,31,35H,2-3,5-30H2,1H3/t31-/m1/s1. The van der Waals surface area contributed by atoms with Gasteiger partial charge in [0.2, 0.25) is 0 Å². The highest BCUT2D eigenvalue weighted by molar-refractivity contribution is 5.81. The van der Waals surface area contributed by atoms with Gasteiger partial charge in [0.1, 0.15) is 6.61 Å². The summed E-state index contributed by atoms with van der Waals surface area (Å²) >= 11 is 0. The second-order valence-corrected chi connectivity index (χ2v) is 11.3. The largest absolute Gasteiger partial charge is 0.463 e. The zero-order chi connectivity index (χ0) is 30.2. The molecule has 7 heteroatoms. The van der Waals surface area contributed by atoms with Crippen molar-refractivity contribution in [3.05, 3.63) is 12.7 Å². The first kappa shape index (κ1) is 39.1. The third-order valence-corrected chi connectivity index (χ3v) is 7.35. The molecule has 0 rings (SSSR count). The van der Waals surface area contributed by atoms with E-state index in [0.29, 0.717) is 19.4 Å². The molecule has 0 saturated carbocycles. The van der Waals surface area contributed by atoms with E-state index in [1.807, 2.05) is 0 Å². The maximum absolute atomic E-state index is 12.1. The minimum atomic E-state index is -0.793. The van der Waals surface area contributed by atoms with Gasteiger partial charge < -0.3 is 19.3 Å². The molecule has 0 aliphatic rings. The van der Waals surface area contributed by atoms with Gasteiger partial charge in [0.05, 0.1) is 13.2 Å². The Labute approximate surface area is 251 Å². The average molecular weight is 583 g/mol. The van der Waals surface area contributed by atoms with Gasteiger partial charge in [-0.2, -0.15) is 0 Å². The number of esters is 3. The zero-order valence-corrected chi connectivity index (χ0v) is 26.4. The van der Waals surface area contributed by atoms with Gasteiger partial charge in [-0.05, 0) is 19.3 Å². The highest BCUT2D eigenvalue weighted by atomic mass is 16.6. The smallest absolute Gasteiger partial charge is 0.330 e. The molecule has 0 saturated heterocycles. The van der Waals surface area contributed by atoms with Crippen molar-refractivity contribution in [3.63, 3.8) is 0 Å². The normalized spacial score (nSPS) is 11.7. The fourth-order valence-electron chi connectivity index (χ4n) is 4.75. The molecule has 41 heavy (non-hydrogen) atoms. The summed E-state index contributed by atoms with van der Waals surface area (Å²) in [6.07, 6.45) is 26.7. The van der Waals surface area contributed by atoms with Gasteiger partial charge in [-0.15, -0.1) is 0 Å². The van der Waals surface area contributed by atoms with Crippen LogP contribution in [0.2, 0.25) is 0 Å². The van der Waals surface area contributed by atoms with Crippen molar-refractivity contribution in [2.45, 2.75) is 167 Å². The lowest BCUT2D eigenvalue weighted by molar-refractivity contribution is -0.161. The van der Waals surface area contributed by atoms with Crippen LogP contribution in [0.3, 0.4) is 0 Å². The van der Waals surface area contributed by atoms with Crippen molar-refractivity contribution < 1.29 is 33.7 Å². The zero-order valence-electron chi connectivity index (χ0n) is 26.4. The Morgan fingerprint density at radius 2 is 1.02 bits per heavy atom. The van der Waals surface area contributed by atoms with Crippen LogP contribution in [-0.2, 0) is 28.6 Å². The van der Waals surface area contributed by atoms with Crippen LogP contribution in [0.5, 0.6) is 0 Å². The van der Waals surface area contributed by atoms with Crippen molar-refractivity contribution in [2.75, 3.05) is 19.8 Å². The molecule has 1 N–H and O–H groups in total. The Morgan fingerprint density at radius 1 is 0.610 bits per heavy atom. The van der Waals surface area contributed by atoms with Gasteiger partial charge in [-0.1, -0.05) is 135 Å². The Balaban J connectivity index is 3.55. The monoisotopic (exact) mass is 582 g/mol. The highest BCUT2D eigenvalue weighted by Crippen LogP contribution is 2.14. The summed E-state index contributed by atoms with van der Waals surface area (Å²) in [6, 6.07) is 0. The van der Waals surface area contributed by atoms with E-state index in [2.05, 4.69) is 13.5 Å². The van der Waals surface area contributed by atoms with Crippen LogP contribution in [0.25, 0.3) is 0 Å². The molecule has 0 fully saturated rings. The van der Waals surface area contributed by atoms with Crippen molar-refractivity contribution in [3.8, 4) is 0 Å². The third kappa shape index (κ3) is 29.4. The molecular formula is C34H62O7. The molecule has 1 atom stereocenters. The second-order valence-electron chi connectivity index (χ2n) is 11.3. The van der Waals surface area contributed by atoms with E-state index in [1.165, 1.54) is 70.3 Å². The SMILES string of the molecule is C=CC(=O)OCCCCCCCCCCCC(=O)O[C@H](CO)COC(=O)CCCCCCCCCCCCCCC. The predicted molar refractivity (Wildman–Crippen MR) is 166 cm³/mol. The summed E-state index contributed by atoms with van der Waals surface area (Å²) in [5.74, 6) is -1.01. The molecule has 0 heterocycles. The molecule has 0 aliphatic carbocycles. The number of aliphatic hydroxyl groups is 1. The number of rotatable bonds is 31. The van der Waals surface area contributed by atoms with E-state index in [9.17, 15) is 19.5 Å². The summed E-state index contributed by atoms with van der Waals surface area (Å²) in [4.78, 5) is 35.0. The fraction of sp³-hybridized carbons (Fsp3) is 0.853. The molecule has 0 aliphatic heterocycles. The van der Waals surface area contributed by atoms with Gasteiger partial charge in [0.15, 0.2) is 6.10 Å². The lowest BCUT2D eigenvalue weighted by Gasteiger charge is -2.15. The van der Waals surface area contributed by atoms with Crippen LogP contribution in [-0.4, -0.2) is 48.9 Å². The van der Waals surface area contributed by atoms with E-state index in [0.717, 1.165) is 77.0 Å². The first-order valence-electron chi connectivity index (χ1n) is 16.8. The fourth-order valence-corrected chi connectivity index (χ4v) is 4.75. The van der Waals surface area contributed by atoms with Crippen molar-refractivity contribution in [2.24, 2.45) is 0 Å². The molecule has 0 aromatic heterocycles. The van der Waals surface area contributed by atoms with E-state index in [-0.39, 0.29) is 31.1 Å². The lowest BCUT2D eigenvalue weighted by Crippen LogP contribution is -2.28. The summed E-state index contributed by atoms with van der Waals surface area (Å²) in [5, 5.41) is 9.49. The number of hydrogen-bond donors (Lipinski definition) is 1. The molecule has 0 bridgehead atoms. The molecule has 0 amide bonds. The van der Waals surface area contributed by atoms with Crippen LogP contribution in [0, 0.1) is 0 Å². The second kappa shape index (κ2) is 31.1. The van der Waals surface area contributed by atoms with Crippen LogP contribution < -0.4 is 0 Å². The molecule has 0 aromatic rings. The van der Waals surface area contributed by atoms with Gasteiger partial charge in [0.25, 0.3) is 0 Å². The first-order chi connectivity index (χ1) is 20.0. The van der Waals surface area contributed by atoms with Gasteiger partial charge in [-0.25, -0.2) is 4.79 Å². The highest BCUT2D eigenvalue weighted by Gasteiger charge is 2.16. The number of carbonyl (C=O) groups excluding carboxylic acids is 3. The molecule has 240 valence electrons. The average Bonchev–Trinajstić information content (AvgIpc) is 2.97. The number of carbonyl (C=O) groups is 3. The third-order valence-electron chi connectivity index (χ3n) is 7.35. The van der Waals surface area contributed by atoms with E-state index in [1.54, 1.807) is 0 Å². The number of hydrogen-bond acceptors (Lipinski definition) is 7. The number of aliphatic hydroxyl groups excluding tert-OH is 1. The molecule has 0 unspecified atom stereocenters. The Bertz CT molecular complexity index is 635. The van der Waals surface area contributed by atoms with Gasteiger partial charge in [0, 0.05) is 18.9 Å². The van der Waals surface area contributed by atoms with Crippen LogP contribution >= 0.6 is 0 Å². The molecule has 0 aromatic carbocycles. The maximum atomic E-state index is 12.1. The van der Waals surface area contributed by atoms with E-state index in [4.69, 9.17) is 14.2 Å². The van der Waals surface area contributed by atoms with Crippen LogP contribution in [0.1, 0.15) is 161 Å². The van der Waals surface area contributed by atoms with E-state index < -0.39 is 6.10 Å². The lowest BCUT2D eigenvalue weighted by atomic mass is 10.0. The minimum absolute atomic E-state index is 0.0871. The maximum Gasteiger partial charge on any atom is 0.330 e. The van der Waals surface area contributed by atoms with Crippen LogP contribution in [0.15, 0.2) is 12.7 Å². The molecular weight excluding hydrogens is 520 g/mol. The summed E-state index contributed by atoms with van der Waals surface area (Å²) in [6.45, 7) is 5.64. The quantitative estimate of drug-likeness (QED) is 0.0378. The predicted octanol–water partition coefficient (Wildman–Crippen LogP) is 8.55. The van der Waals surface area contributed by atoms with Crippen molar-refractivity contribution in [1.29, 1.82) is 0 Å². The van der Waals surface area contributed by atoms with Crippen molar-refractivity contribution >= 4 is 17.9 Å². The van der Waals surface area contributed by atoms with Crippen LogP contribution in [0.4, 0.5) is 0 Å². The summed E-state index contributed by atoms with van der Waals surface area (Å²) in [5.41, 5.74) is 0. The molecule has 7 nitrogen and oxygen atoms in total. The number of ether oxygens (including phenoxy) is 3. The Hall–Kier alpha value is -1.89. The molecule has 0 radical (unpaired) electrons. The minimum Gasteiger partial charge on any atom is -0.463 e. The van der Waals surface area contributed by atoms with Gasteiger partial charge in [-0.3, -0.25) is 9.59 Å². The first-order valence-corrected chi connectivity index (χ1v) is 16.8. The van der Waals surface area contributed by atoms with Crippen molar-refractivity contribution in [1.82, 2.24) is 0 Å². The number of unbranched alkanes of at least 4 members (excludes halogenated alkanes) is 20. The summed E-state index contributed by atoms with van der Waals surface area (Å²) < 4.78 is 15.5. The summed E-state index contributed by atoms with van der Waals surface area (Å²) in [7, 11) is 0. The topological polar surface area (TPSA) is 99.1 Å². The molecule has 0 spiro atoms.